The Morgan fingerprint density at radius 3 is 1.91 bits per heavy atom. The van der Waals surface area contributed by atoms with Crippen molar-refractivity contribution in [3.05, 3.63) is 6.29 Å². The fourth-order valence-corrected chi connectivity index (χ4v) is 0.829. The van der Waals surface area contributed by atoms with E-state index >= 15 is 0 Å². The van der Waals surface area contributed by atoms with E-state index in [4.69, 9.17) is 9.47 Å². The SMILES string of the molecule is CCCC[C](OCC)OCC. The first-order valence-corrected chi connectivity index (χ1v) is 4.46. The highest BCUT2D eigenvalue weighted by Crippen LogP contribution is 2.13. The minimum Gasteiger partial charge on any atom is -0.346 e. The van der Waals surface area contributed by atoms with E-state index in [1.54, 1.807) is 0 Å². The zero-order valence-corrected chi connectivity index (χ0v) is 7.85. The molecule has 0 amide bonds. The predicted molar refractivity (Wildman–Crippen MR) is 46.0 cm³/mol. The normalized spacial score (nSPS) is 10.9. The molecule has 0 spiro atoms. The van der Waals surface area contributed by atoms with Gasteiger partial charge in [-0.15, -0.1) is 0 Å². The molecule has 0 aliphatic carbocycles. The number of hydrogen-bond donors (Lipinski definition) is 0. The third-order valence-corrected chi connectivity index (χ3v) is 1.35. The molecule has 0 aromatic rings. The summed E-state index contributed by atoms with van der Waals surface area (Å²) >= 11 is 0. The van der Waals surface area contributed by atoms with Gasteiger partial charge in [0.2, 0.25) is 6.29 Å². The molecule has 0 atom stereocenters. The molecule has 0 bridgehead atoms. The van der Waals surface area contributed by atoms with Gasteiger partial charge < -0.3 is 9.47 Å². The standard InChI is InChI=1S/C9H19O2/c1-4-7-8-9(10-5-2)11-6-3/h4-8H2,1-3H3. The first-order valence-electron chi connectivity index (χ1n) is 4.46. The maximum absolute atomic E-state index is 5.28. The van der Waals surface area contributed by atoms with Crippen LogP contribution in [0.3, 0.4) is 0 Å². The maximum Gasteiger partial charge on any atom is 0.223 e. The molecule has 2 heteroatoms. The second kappa shape index (κ2) is 8.02. The Morgan fingerprint density at radius 2 is 1.55 bits per heavy atom. The van der Waals surface area contributed by atoms with Crippen LogP contribution in [0.2, 0.25) is 0 Å². The van der Waals surface area contributed by atoms with Gasteiger partial charge in [-0.25, -0.2) is 0 Å². The maximum atomic E-state index is 5.28. The van der Waals surface area contributed by atoms with Gasteiger partial charge >= 0.3 is 0 Å². The highest BCUT2D eigenvalue weighted by molar-refractivity contribution is 4.63. The first-order chi connectivity index (χ1) is 5.35. The predicted octanol–water partition coefficient (Wildman–Crippen LogP) is 2.74. The topological polar surface area (TPSA) is 18.5 Å². The summed E-state index contributed by atoms with van der Waals surface area (Å²) in [6.45, 7) is 7.53. The van der Waals surface area contributed by atoms with E-state index in [-0.39, 0.29) is 0 Å². The molecule has 0 N–H and O–H groups in total. The number of ether oxygens (including phenoxy) is 2. The molecule has 0 saturated heterocycles. The largest absolute Gasteiger partial charge is 0.346 e. The number of hydrogen-bond acceptors (Lipinski definition) is 2. The second-order valence-corrected chi connectivity index (χ2v) is 2.34. The van der Waals surface area contributed by atoms with Crippen molar-refractivity contribution in [1.82, 2.24) is 0 Å². The minimum absolute atomic E-state index is 0.707. The molecule has 0 fully saturated rings. The summed E-state index contributed by atoms with van der Waals surface area (Å²) in [6, 6.07) is 0. The Kier molecular flexibility index (Phi) is 7.96. The number of rotatable bonds is 7. The van der Waals surface area contributed by atoms with Crippen LogP contribution in [0.1, 0.15) is 40.0 Å². The van der Waals surface area contributed by atoms with Crippen LogP contribution < -0.4 is 0 Å². The van der Waals surface area contributed by atoms with Crippen LogP contribution in [-0.4, -0.2) is 13.2 Å². The molecule has 2 nitrogen and oxygen atoms in total. The van der Waals surface area contributed by atoms with Gasteiger partial charge in [-0.1, -0.05) is 13.3 Å². The smallest absolute Gasteiger partial charge is 0.223 e. The minimum atomic E-state index is 0.707. The van der Waals surface area contributed by atoms with Gasteiger partial charge in [0.05, 0.1) is 0 Å². The molecular weight excluding hydrogens is 140 g/mol. The Morgan fingerprint density at radius 1 is 1.00 bits per heavy atom. The van der Waals surface area contributed by atoms with Gasteiger partial charge in [-0.2, -0.15) is 0 Å². The molecule has 67 valence electrons. The summed E-state index contributed by atoms with van der Waals surface area (Å²) in [5, 5.41) is 0. The monoisotopic (exact) mass is 159 g/mol. The summed E-state index contributed by atoms with van der Waals surface area (Å²) in [7, 11) is 0. The van der Waals surface area contributed by atoms with Crippen LogP contribution in [0.4, 0.5) is 0 Å². The Bertz CT molecular complexity index is 68.0. The quantitative estimate of drug-likeness (QED) is 0.568. The van der Waals surface area contributed by atoms with Crippen molar-refractivity contribution in [2.24, 2.45) is 0 Å². The van der Waals surface area contributed by atoms with Crippen LogP contribution in [0.15, 0.2) is 0 Å². The summed E-state index contributed by atoms with van der Waals surface area (Å²) in [4.78, 5) is 0. The van der Waals surface area contributed by atoms with Crippen LogP contribution in [0.25, 0.3) is 0 Å². The van der Waals surface area contributed by atoms with E-state index in [1.807, 2.05) is 13.8 Å². The summed E-state index contributed by atoms with van der Waals surface area (Å²) < 4.78 is 10.6. The van der Waals surface area contributed by atoms with Gasteiger partial charge in [-0.3, -0.25) is 0 Å². The van der Waals surface area contributed by atoms with E-state index in [0.29, 0.717) is 13.2 Å². The lowest BCUT2D eigenvalue weighted by Crippen LogP contribution is -2.07. The number of unbranched alkanes of at least 4 members (excludes halogenated alkanes) is 1. The lowest BCUT2D eigenvalue weighted by Gasteiger charge is -2.13. The van der Waals surface area contributed by atoms with Gasteiger partial charge in [0.25, 0.3) is 0 Å². The fourth-order valence-electron chi connectivity index (χ4n) is 0.829. The van der Waals surface area contributed by atoms with Crippen LogP contribution in [0, 0.1) is 6.29 Å². The Hall–Kier alpha value is -0.0800. The summed E-state index contributed by atoms with van der Waals surface area (Å²) in [6.07, 6.45) is 4.08. The van der Waals surface area contributed by atoms with E-state index < -0.39 is 0 Å². The summed E-state index contributed by atoms with van der Waals surface area (Å²) in [5.74, 6) is 0. The molecule has 0 unspecified atom stereocenters. The van der Waals surface area contributed by atoms with E-state index in [9.17, 15) is 0 Å². The second-order valence-electron chi connectivity index (χ2n) is 2.34. The van der Waals surface area contributed by atoms with Crippen molar-refractivity contribution in [2.45, 2.75) is 40.0 Å². The van der Waals surface area contributed by atoms with E-state index in [2.05, 4.69) is 6.92 Å². The lowest BCUT2D eigenvalue weighted by molar-refractivity contribution is -0.0431. The molecule has 0 aromatic heterocycles. The molecule has 11 heavy (non-hydrogen) atoms. The molecule has 0 aromatic carbocycles. The third-order valence-electron chi connectivity index (χ3n) is 1.35. The highest BCUT2D eigenvalue weighted by Gasteiger charge is 2.07. The van der Waals surface area contributed by atoms with Gasteiger partial charge in [0.1, 0.15) is 0 Å². The van der Waals surface area contributed by atoms with Crippen molar-refractivity contribution in [2.75, 3.05) is 13.2 Å². The van der Waals surface area contributed by atoms with Crippen molar-refractivity contribution < 1.29 is 9.47 Å². The Balaban J connectivity index is 3.34. The van der Waals surface area contributed by atoms with Crippen molar-refractivity contribution >= 4 is 0 Å². The molecule has 0 aliphatic heterocycles. The van der Waals surface area contributed by atoms with Crippen molar-refractivity contribution in [3.8, 4) is 0 Å². The highest BCUT2D eigenvalue weighted by atomic mass is 16.7. The van der Waals surface area contributed by atoms with Crippen LogP contribution in [-0.2, 0) is 9.47 Å². The average Bonchev–Trinajstić information content (AvgIpc) is 2.01. The van der Waals surface area contributed by atoms with Crippen LogP contribution >= 0.6 is 0 Å². The van der Waals surface area contributed by atoms with Crippen molar-refractivity contribution in [3.63, 3.8) is 0 Å². The van der Waals surface area contributed by atoms with Crippen LogP contribution in [0.5, 0.6) is 0 Å². The fraction of sp³-hybridized carbons (Fsp3) is 0.889. The van der Waals surface area contributed by atoms with Crippen molar-refractivity contribution in [1.29, 1.82) is 0 Å². The van der Waals surface area contributed by atoms with E-state index in [1.165, 1.54) is 6.42 Å². The van der Waals surface area contributed by atoms with Gasteiger partial charge in [-0.05, 0) is 20.3 Å². The molecule has 0 heterocycles. The Labute approximate surface area is 69.9 Å². The van der Waals surface area contributed by atoms with Gasteiger partial charge in [0.15, 0.2) is 0 Å². The lowest BCUT2D eigenvalue weighted by atomic mass is 10.2. The summed E-state index contributed by atoms with van der Waals surface area (Å²) in [5.41, 5.74) is 0. The molecule has 0 rings (SSSR count). The zero-order chi connectivity index (χ0) is 8.53. The van der Waals surface area contributed by atoms with Gasteiger partial charge in [0, 0.05) is 19.6 Å². The third kappa shape index (κ3) is 6.32. The molecular formula is C9H19O2. The molecule has 0 saturated carbocycles. The average molecular weight is 159 g/mol. The van der Waals surface area contributed by atoms with E-state index in [0.717, 1.165) is 19.1 Å². The first kappa shape index (κ1) is 10.9. The zero-order valence-electron chi connectivity index (χ0n) is 7.85. The molecule has 0 aliphatic rings. The molecule has 1 radical (unpaired) electrons.